The summed E-state index contributed by atoms with van der Waals surface area (Å²) in [6.07, 6.45) is 10.4. The molecule has 36 heavy (non-hydrogen) atoms. The van der Waals surface area contributed by atoms with E-state index in [1.165, 1.54) is 56.1 Å². The number of aryl methyl sites for hydroxylation is 2. The summed E-state index contributed by atoms with van der Waals surface area (Å²) in [5.74, 6) is 1.12. The number of fused-ring (bicyclic) bond motifs is 1. The van der Waals surface area contributed by atoms with Crippen LogP contribution in [0.5, 0.6) is 0 Å². The molecule has 0 amide bonds. The van der Waals surface area contributed by atoms with E-state index in [1.54, 1.807) is 0 Å². The average Bonchev–Trinajstić information content (AvgIpc) is 3.28. The van der Waals surface area contributed by atoms with Crippen molar-refractivity contribution in [2.24, 2.45) is 5.73 Å². The van der Waals surface area contributed by atoms with Gasteiger partial charge in [-0.3, -0.25) is 4.90 Å². The Morgan fingerprint density at radius 3 is 2.69 bits per heavy atom. The van der Waals surface area contributed by atoms with Crippen molar-refractivity contribution in [3.8, 4) is 0 Å². The van der Waals surface area contributed by atoms with Crippen molar-refractivity contribution in [3.63, 3.8) is 0 Å². The minimum Gasteiger partial charge on any atom is -0.371 e. The molecular weight excluding hydrogens is 460 g/mol. The molecule has 0 fully saturated rings. The number of allylic oxidation sites excluding steroid dienone is 2. The van der Waals surface area contributed by atoms with Crippen molar-refractivity contribution in [1.82, 2.24) is 5.32 Å². The number of thiazole rings is 1. The SMILES string of the molecule is NCCCCCNC1=C/C(=C\c2sc3cccc4c3[n+]2CCC4)c2ccccc2N1c1ccccc1. The van der Waals surface area contributed by atoms with Crippen LogP contribution in [0, 0.1) is 0 Å². The molecule has 0 radical (unpaired) electrons. The summed E-state index contributed by atoms with van der Waals surface area (Å²) in [5.41, 5.74) is 13.5. The molecule has 3 heterocycles. The molecule has 0 aliphatic carbocycles. The van der Waals surface area contributed by atoms with E-state index in [1.807, 2.05) is 11.3 Å². The van der Waals surface area contributed by atoms with Gasteiger partial charge in [0.25, 0.3) is 5.01 Å². The predicted molar refractivity (Wildman–Crippen MR) is 152 cm³/mol. The number of aromatic nitrogens is 1. The highest BCUT2D eigenvalue weighted by atomic mass is 32.1. The van der Waals surface area contributed by atoms with Crippen molar-refractivity contribution in [2.45, 2.75) is 38.6 Å². The number of nitrogens with zero attached hydrogens (tertiary/aromatic N) is 2. The first-order valence-corrected chi connectivity index (χ1v) is 13.9. The highest BCUT2D eigenvalue weighted by Gasteiger charge is 2.28. The molecule has 0 atom stereocenters. The van der Waals surface area contributed by atoms with Crippen molar-refractivity contribution >= 4 is 44.6 Å². The van der Waals surface area contributed by atoms with Gasteiger partial charge >= 0.3 is 0 Å². The van der Waals surface area contributed by atoms with E-state index >= 15 is 0 Å². The Hall–Kier alpha value is -3.41. The smallest absolute Gasteiger partial charge is 0.263 e. The van der Waals surface area contributed by atoms with E-state index in [2.05, 4.69) is 99.7 Å². The first-order chi connectivity index (χ1) is 17.8. The molecule has 0 unspecified atom stereocenters. The quantitative estimate of drug-likeness (QED) is 0.221. The molecule has 3 aromatic carbocycles. The number of para-hydroxylation sites is 3. The molecule has 4 nitrogen and oxygen atoms in total. The van der Waals surface area contributed by atoms with Gasteiger partial charge < -0.3 is 11.1 Å². The second-order valence-corrected chi connectivity index (χ2v) is 10.6. The van der Waals surface area contributed by atoms with E-state index in [0.29, 0.717) is 0 Å². The van der Waals surface area contributed by atoms with Crippen molar-refractivity contribution in [2.75, 3.05) is 18.0 Å². The Morgan fingerprint density at radius 2 is 1.81 bits per heavy atom. The van der Waals surface area contributed by atoms with E-state index in [0.717, 1.165) is 44.7 Å². The minimum atomic E-state index is 0.760. The molecule has 1 aromatic heterocycles. The third kappa shape index (κ3) is 4.34. The van der Waals surface area contributed by atoms with Gasteiger partial charge in [-0.15, -0.1) is 0 Å². The Morgan fingerprint density at radius 1 is 0.944 bits per heavy atom. The van der Waals surface area contributed by atoms with Crippen LogP contribution in [0.3, 0.4) is 0 Å². The third-order valence-corrected chi connectivity index (χ3v) is 8.23. The predicted octanol–water partition coefficient (Wildman–Crippen LogP) is 6.39. The van der Waals surface area contributed by atoms with Crippen molar-refractivity contribution < 1.29 is 4.57 Å². The molecular formula is C31H33N4S+. The van der Waals surface area contributed by atoms with Gasteiger partial charge in [-0.1, -0.05) is 66.3 Å². The molecule has 3 N–H and O–H groups in total. The van der Waals surface area contributed by atoms with Crippen LogP contribution in [0.1, 0.15) is 41.8 Å². The fraction of sp³-hybridized carbons (Fsp3) is 0.258. The summed E-state index contributed by atoms with van der Waals surface area (Å²) in [7, 11) is 0. The van der Waals surface area contributed by atoms with Gasteiger partial charge in [0.1, 0.15) is 10.5 Å². The maximum Gasteiger partial charge on any atom is 0.263 e. The molecule has 6 rings (SSSR count). The molecule has 0 saturated carbocycles. The Kier molecular flexibility index (Phi) is 6.58. The number of rotatable bonds is 8. The summed E-state index contributed by atoms with van der Waals surface area (Å²) < 4.78 is 3.92. The molecule has 2 aliphatic heterocycles. The normalized spacial score (nSPS) is 15.8. The highest BCUT2D eigenvalue weighted by molar-refractivity contribution is 7.19. The van der Waals surface area contributed by atoms with E-state index < -0.39 is 0 Å². The maximum atomic E-state index is 5.71. The number of anilines is 2. The lowest BCUT2D eigenvalue weighted by Gasteiger charge is -2.34. The number of nitrogens with one attached hydrogen (secondary N) is 1. The molecule has 0 saturated heterocycles. The zero-order valence-corrected chi connectivity index (χ0v) is 21.4. The number of hydrogen-bond donors (Lipinski definition) is 2. The summed E-state index contributed by atoms with van der Waals surface area (Å²) in [6.45, 7) is 2.77. The second-order valence-electron chi connectivity index (χ2n) is 9.55. The van der Waals surface area contributed by atoms with Gasteiger partial charge in [-0.2, -0.15) is 4.57 Å². The number of hydrogen-bond acceptors (Lipinski definition) is 4. The van der Waals surface area contributed by atoms with Gasteiger partial charge in [-0.25, -0.2) is 0 Å². The summed E-state index contributed by atoms with van der Waals surface area (Å²) in [4.78, 5) is 2.36. The Bertz CT molecular complexity index is 1430. The lowest BCUT2D eigenvalue weighted by atomic mass is 9.97. The molecule has 5 heteroatoms. The van der Waals surface area contributed by atoms with Gasteiger partial charge in [0.15, 0.2) is 6.54 Å². The van der Waals surface area contributed by atoms with Gasteiger partial charge in [0.05, 0.1) is 5.69 Å². The highest BCUT2D eigenvalue weighted by Crippen LogP contribution is 2.41. The summed E-state index contributed by atoms with van der Waals surface area (Å²) in [6, 6.07) is 26.2. The maximum absolute atomic E-state index is 5.71. The molecule has 2 aliphatic rings. The number of unbranched alkanes of at least 4 members (excludes halogenated alkanes) is 2. The van der Waals surface area contributed by atoms with E-state index in [-0.39, 0.29) is 0 Å². The largest absolute Gasteiger partial charge is 0.371 e. The average molecular weight is 494 g/mol. The molecule has 182 valence electrons. The fourth-order valence-electron chi connectivity index (χ4n) is 5.43. The molecule has 4 aromatic rings. The minimum absolute atomic E-state index is 0.760. The van der Waals surface area contributed by atoms with Crippen LogP contribution in [0.25, 0.3) is 21.9 Å². The fourth-order valence-corrected chi connectivity index (χ4v) is 6.61. The Labute approximate surface area is 217 Å². The topological polar surface area (TPSA) is 45.2 Å². The third-order valence-electron chi connectivity index (χ3n) is 7.13. The first kappa shape index (κ1) is 23.0. The van der Waals surface area contributed by atoms with Crippen LogP contribution in [-0.2, 0) is 13.0 Å². The molecule has 0 spiro atoms. The van der Waals surface area contributed by atoms with Crippen LogP contribution in [-0.4, -0.2) is 13.1 Å². The number of benzene rings is 3. The second kappa shape index (κ2) is 10.3. The van der Waals surface area contributed by atoms with Crippen molar-refractivity contribution in [1.29, 1.82) is 0 Å². The lowest BCUT2D eigenvalue weighted by Crippen LogP contribution is -2.38. The monoisotopic (exact) mass is 493 g/mol. The van der Waals surface area contributed by atoms with Crippen LogP contribution in [0.2, 0.25) is 0 Å². The Balaban J connectivity index is 1.45. The van der Waals surface area contributed by atoms with Crippen LogP contribution in [0.4, 0.5) is 11.4 Å². The van der Waals surface area contributed by atoms with Crippen LogP contribution < -0.4 is 20.5 Å². The van der Waals surface area contributed by atoms with Gasteiger partial charge in [0, 0.05) is 35.9 Å². The summed E-state index contributed by atoms with van der Waals surface area (Å²) >= 11 is 1.91. The van der Waals surface area contributed by atoms with E-state index in [9.17, 15) is 0 Å². The van der Waals surface area contributed by atoms with Crippen molar-refractivity contribution in [3.05, 3.63) is 101 Å². The first-order valence-electron chi connectivity index (χ1n) is 13.1. The standard InChI is InChI=1S/C31H32N4S/c32-18-7-2-8-19-33-29-21-24(22-30-34-20-10-12-23-11-9-17-28(36-30)31(23)34)26-15-5-6-16-27(26)35(29)25-13-3-1-4-14-25/h1,3-6,9,11,13-17,21-22H,2,7-8,10,12,18-20,32H2/p+1. The van der Waals surface area contributed by atoms with E-state index in [4.69, 9.17) is 5.73 Å². The molecule has 0 bridgehead atoms. The van der Waals surface area contributed by atoms with Gasteiger partial charge in [0.2, 0.25) is 5.52 Å². The van der Waals surface area contributed by atoms with Crippen LogP contribution >= 0.6 is 11.3 Å². The zero-order chi connectivity index (χ0) is 24.3. The lowest BCUT2D eigenvalue weighted by molar-refractivity contribution is -0.671. The number of nitrogens with two attached hydrogens (primary N) is 1. The van der Waals surface area contributed by atoms with Gasteiger partial charge in [-0.05, 0) is 61.7 Å². The van der Waals surface area contributed by atoms with Crippen LogP contribution in [0.15, 0.2) is 84.7 Å². The summed E-state index contributed by atoms with van der Waals surface area (Å²) in [5, 5.41) is 5.09. The zero-order valence-electron chi connectivity index (χ0n) is 20.6.